The molecule has 1 aromatic heterocycles. The topological polar surface area (TPSA) is 45.4 Å². The van der Waals surface area contributed by atoms with Crippen LogP contribution in [0, 0.1) is 0 Å². The summed E-state index contributed by atoms with van der Waals surface area (Å²) in [6.45, 7) is 3.32. The molecule has 5 heteroatoms. The Hall–Kier alpha value is 0.0300. The molecule has 1 aromatic rings. The lowest BCUT2D eigenvalue weighted by Gasteiger charge is -2.11. The number of halogens is 1. The van der Waals surface area contributed by atoms with Crippen molar-refractivity contribution >= 4 is 27.7 Å². The molecule has 0 aliphatic carbocycles. The zero-order valence-corrected chi connectivity index (χ0v) is 11.8. The van der Waals surface area contributed by atoms with Gasteiger partial charge in [0.2, 0.25) is 0 Å². The molecule has 16 heavy (non-hydrogen) atoms. The van der Waals surface area contributed by atoms with Gasteiger partial charge in [-0.15, -0.1) is 0 Å². The molecule has 92 valence electrons. The van der Waals surface area contributed by atoms with Crippen LogP contribution in [0.2, 0.25) is 0 Å². The molecular formula is C11H18BrNO2S. The molecule has 0 saturated carbocycles. The van der Waals surface area contributed by atoms with Gasteiger partial charge in [0.25, 0.3) is 0 Å². The van der Waals surface area contributed by atoms with Gasteiger partial charge >= 0.3 is 0 Å². The molecule has 0 amide bonds. The quantitative estimate of drug-likeness (QED) is 0.725. The molecule has 0 saturated heterocycles. The Bertz CT molecular complexity index is 293. The maximum atomic E-state index is 8.62. The summed E-state index contributed by atoms with van der Waals surface area (Å²) in [6, 6.07) is 2.13. The van der Waals surface area contributed by atoms with E-state index in [1.165, 1.54) is 0 Å². The van der Waals surface area contributed by atoms with E-state index in [1.807, 2.05) is 17.8 Å². The maximum absolute atomic E-state index is 8.62. The average Bonchev–Trinajstić information content (AvgIpc) is 2.69. The van der Waals surface area contributed by atoms with Gasteiger partial charge in [0.1, 0.15) is 5.76 Å². The van der Waals surface area contributed by atoms with Gasteiger partial charge in [0.05, 0.1) is 16.8 Å². The van der Waals surface area contributed by atoms with Crippen molar-refractivity contribution in [3.8, 4) is 0 Å². The third-order valence-corrected chi connectivity index (χ3v) is 3.91. The van der Waals surface area contributed by atoms with Crippen molar-refractivity contribution in [2.45, 2.75) is 19.4 Å². The Kier molecular flexibility index (Phi) is 7.20. The van der Waals surface area contributed by atoms with E-state index < -0.39 is 0 Å². The summed E-state index contributed by atoms with van der Waals surface area (Å²) in [5, 5.41) is 12.0. The highest BCUT2D eigenvalue weighted by molar-refractivity contribution is 9.10. The van der Waals surface area contributed by atoms with Gasteiger partial charge in [-0.1, -0.05) is 0 Å². The minimum atomic E-state index is 0.225. The molecule has 1 atom stereocenters. The van der Waals surface area contributed by atoms with Crippen LogP contribution in [0.15, 0.2) is 21.2 Å². The number of rotatable bonds is 8. The van der Waals surface area contributed by atoms with Crippen molar-refractivity contribution in [2.24, 2.45) is 0 Å². The molecule has 0 spiro atoms. The van der Waals surface area contributed by atoms with E-state index in [0.717, 1.165) is 34.7 Å². The lowest BCUT2D eigenvalue weighted by Crippen LogP contribution is -2.21. The number of hydrogen-bond donors (Lipinski definition) is 2. The van der Waals surface area contributed by atoms with Crippen LogP contribution < -0.4 is 5.32 Å². The number of thioether (sulfide) groups is 1. The van der Waals surface area contributed by atoms with Crippen LogP contribution in [0.1, 0.15) is 25.1 Å². The first kappa shape index (κ1) is 14.1. The number of nitrogens with one attached hydrogen (secondary N) is 1. The second-order valence-corrected chi connectivity index (χ2v) is 5.58. The zero-order valence-electron chi connectivity index (χ0n) is 9.41. The molecule has 0 aromatic carbocycles. The molecule has 2 N–H and O–H groups in total. The number of aliphatic hydroxyl groups excluding tert-OH is 1. The van der Waals surface area contributed by atoms with Gasteiger partial charge in [-0.3, -0.25) is 0 Å². The third-order valence-electron chi connectivity index (χ3n) is 2.18. The van der Waals surface area contributed by atoms with E-state index in [4.69, 9.17) is 9.52 Å². The van der Waals surface area contributed by atoms with Crippen LogP contribution in [0.25, 0.3) is 0 Å². The second-order valence-electron chi connectivity index (χ2n) is 3.50. The lowest BCUT2D eigenvalue weighted by atomic mass is 10.2. The van der Waals surface area contributed by atoms with E-state index in [-0.39, 0.29) is 12.6 Å². The Morgan fingerprint density at radius 2 is 2.38 bits per heavy atom. The van der Waals surface area contributed by atoms with Gasteiger partial charge in [0, 0.05) is 18.9 Å². The zero-order chi connectivity index (χ0) is 11.8. The Morgan fingerprint density at radius 1 is 1.56 bits per heavy atom. The number of furan rings is 1. The lowest BCUT2D eigenvalue weighted by molar-refractivity contribution is 0.296. The van der Waals surface area contributed by atoms with Crippen LogP contribution in [-0.4, -0.2) is 29.8 Å². The Labute approximate surface area is 109 Å². The molecular weight excluding hydrogens is 290 g/mol. The van der Waals surface area contributed by atoms with Crippen LogP contribution in [-0.2, 0) is 0 Å². The van der Waals surface area contributed by atoms with Crippen molar-refractivity contribution in [2.75, 3.05) is 24.7 Å². The van der Waals surface area contributed by atoms with E-state index >= 15 is 0 Å². The highest BCUT2D eigenvalue weighted by Crippen LogP contribution is 2.23. The van der Waals surface area contributed by atoms with Gasteiger partial charge < -0.3 is 14.8 Å². The molecule has 1 rings (SSSR count). The first-order valence-corrected chi connectivity index (χ1v) is 7.35. The Balaban J connectivity index is 2.11. The molecule has 3 nitrogen and oxygen atoms in total. The fourth-order valence-electron chi connectivity index (χ4n) is 1.32. The smallest absolute Gasteiger partial charge is 0.134 e. The molecule has 1 unspecified atom stereocenters. The summed E-state index contributed by atoms with van der Waals surface area (Å²) < 4.78 is 6.39. The van der Waals surface area contributed by atoms with Crippen molar-refractivity contribution in [1.82, 2.24) is 5.32 Å². The van der Waals surface area contributed by atoms with Gasteiger partial charge in [0.15, 0.2) is 0 Å². The first-order valence-electron chi connectivity index (χ1n) is 5.40. The fourth-order valence-corrected chi connectivity index (χ4v) is 2.67. The van der Waals surface area contributed by atoms with Crippen molar-refractivity contribution < 1.29 is 9.52 Å². The van der Waals surface area contributed by atoms with E-state index in [0.29, 0.717) is 0 Å². The molecule has 0 aliphatic rings. The average molecular weight is 308 g/mol. The molecule has 0 radical (unpaired) electrons. The van der Waals surface area contributed by atoms with Gasteiger partial charge in [-0.2, -0.15) is 11.8 Å². The molecule has 1 heterocycles. The number of aliphatic hydroxyl groups is 1. The summed E-state index contributed by atoms with van der Waals surface area (Å²) in [5.41, 5.74) is 0. The van der Waals surface area contributed by atoms with Crippen LogP contribution >= 0.6 is 27.7 Å². The van der Waals surface area contributed by atoms with Crippen LogP contribution in [0.4, 0.5) is 0 Å². The normalized spacial score (nSPS) is 12.9. The van der Waals surface area contributed by atoms with E-state index in [1.54, 1.807) is 6.26 Å². The van der Waals surface area contributed by atoms with Gasteiger partial charge in [-0.05, 0) is 41.1 Å². The molecule has 0 aliphatic heterocycles. The van der Waals surface area contributed by atoms with Crippen molar-refractivity contribution in [3.05, 3.63) is 22.6 Å². The minimum Gasteiger partial charge on any atom is -0.466 e. The highest BCUT2D eigenvalue weighted by atomic mass is 79.9. The first-order chi connectivity index (χ1) is 7.75. The molecule has 0 fully saturated rings. The van der Waals surface area contributed by atoms with Crippen LogP contribution in [0.5, 0.6) is 0 Å². The number of hydrogen-bond acceptors (Lipinski definition) is 4. The third kappa shape index (κ3) is 4.91. The standard InChI is InChI=1S/C11H18BrNO2S/c1-9(11-10(12)3-6-15-11)13-4-8-16-7-2-5-14/h3,6,9,13-14H,2,4-5,7-8H2,1H3. The predicted molar refractivity (Wildman–Crippen MR) is 71.9 cm³/mol. The van der Waals surface area contributed by atoms with E-state index in [2.05, 4.69) is 28.2 Å². The van der Waals surface area contributed by atoms with Crippen LogP contribution in [0.3, 0.4) is 0 Å². The highest BCUT2D eigenvalue weighted by Gasteiger charge is 2.11. The summed E-state index contributed by atoms with van der Waals surface area (Å²) in [7, 11) is 0. The maximum Gasteiger partial charge on any atom is 0.134 e. The second kappa shape index (κ2) is 8.17. The summed E-state index contributed by atoms with van der Waals surface area (Å²) in [4.78, 5) is 0. The monoisotopic (exact) mass is 307 g/mol. The summed E-state index contributed by atoms with van der Waals surface area (Å²) in [6.07, 6.45) is 2.57. The van der Waals surface area contributed by atoms with Gasteiger partial charge in [-0.25, -0.2) is 0 Å². The Morgan fingerprint density at radius 3 is 3.00 bits per heavy atom. The van der Waals surface area contributed by atoms with Crippen molar-refractivity contribution in [1.29, 1.82) is 0 Å². The summed E-state index contributed by atoms with van der Waals surface area (Å²) in [5.74, 6) is 3.03. The van der Waals surface area contributed by atoms with E-state index in [9.17, 15) is 0 Å². The minimum absolute atomic E-state index is 0.225. The predicted octanol–water partition coefficient (Wildman–Crippen LogP) is 2.81. The summed E-state index contributed by atoms with van der Waals surface area (Å²) >= 11 is 5.30. The SMILES string of the molecule is CC(NCCSCCCO)c1occc1Br. The molecule has 0 bridgehead atoms. The van der Waals surface area contributed by atoms with Crippen molar-refractivity contribution in [3.63, 3.8) is 0 Å². The fraction of sp³-hybridized carbons (Fsp3) is 0.636. The largest absolute Gasteiger partial charge is 0.466 e.